The molecule has 0 aliphatic rings. The molecule has 0 aliphatic carbocycles. The molecule has 8 nitrogen and oxygen atoms in total. The average molecular weight is 393 g/mol. The lowest BCUT2D eigenvalue weighted by Crippen LogP contribution is -2.21. The fourth-order valence-corrected chi connectivity index (χ4v) is 2.59. The van der Waals surface area contributed by atoms with E-state index in [1.165, 1.54) is 18.2 Å². The summed E-state index contributed by atoms with van der Waals surface area (Å²) >= 11 is 0. The smallest absolute Gasteiger partial charge is 0.338 e. The van der Waals surface area contributed by atoms with Gasteiger partial charge < -0.3 is 20.1 Å². The molecule has 3 rings (SSSR count). The van der Waals surface area contributed by atoms with Gasteiger partial charge in [0.15, 0.2) is 6.61 Å². The number of carboxylic acids is 1. The molecular weight excluding hydrogens is 374 g/mol. The van der Waals surface area contributed by atoms with Crippen molar-refractivity contribution in [1.29, 1.82) is 0 Å². The number of benzene rings is 2. The first-order valence-corrected chi connectivity index (χ1v) is 8.77. The molecule has 29 heavy (non-hydrogen) atoms. The van der Waals surface area contributed by atoms with Crippen LogP contribution in [0.5, 0.6) is 0 Å². The van der Waals surface area contributed by atoms with Crippen LogP contribution in [0.3, 0.4) is 0 Å². The van der Waals surface area contributed by atoms with Crippen LogP contribution in [0, 0.1) is 13.8 Å². The zero-order valence-corrected chi connectivity index (χ0v) is 15.9. The number of carboxylic acid groups (broad SMARTS) is 1. The van der Waals surface area contributed by atoms with E-state index in [0.29, 0.717) is 17.1 Å². The molecule has 3 aromatic rings. The number of amides is 1. The van der Waals surface area contributed by atoms with Crippen molar-refractivity contribution in [3.05, 3.63) is 71.0 Å². The molecule has 0 saturated carbocycles. The number of nitrogens with zero attached hydrogens (tertiary/aromatic N) is 1. The maximum absolute atomic E-state index is 12.1. The molecule has 0 bridgehead atoms. The third-order valence-electron chi connectivity index (χ3n) is 4.25. The fourth-order valence-electron chi connectivity index (χ4n) is 2.59. The standard InChI is InChI=1S/C21H19N3O5/c1-12-13(2)23-19(22-12)14-6-8-15(9-7-14)21(28)29-11-18(25)24-17-5-3-4-16(10-17)20(26)27/h3-10H,11H2,1-2H3,(H,22,23)(H,24,25)(H,26,27). The number of anilines is 1. The van der Waals surface area contributed by atoms with Crippen molar-refractivity contribution in [2.24, 2.45) is 0 Å². The van der Waals surface area contributed by atoms with Crippen LogP contribution in [0.15, 0.2) is 48.5 Å². The van der Waals surface area contributed by atoms with Crippen molar-refractivity contribution >= 4 is 23.5 Å². The zero-order chi connectivity index (χ0) is 21.0. The maximum atomic E-state index is 12.1. The van der Waals surface area contributed by atoms with Gasteiger partial charge in [0.1, 0.15) is 5.82 Å². The van der Waals surface area contributed by atoms with E-state index in [1.807, 2.05) is 13.8 Å². The third kappa shape index (κ3) is 4.86. The minimum atomic E-state index is -1.10. The van der Waals surface area contributed by atoms with E-state index >= 15 is 0 Å². The second-order valence-corrected chi connectivity index (χ2v) is 6.38. The Bertz CT molecular complexity index is 1050. The Morgan fingerprint density at radius 3 is 2.41 bits per heavy atom. The molecule has 0 unspecified atom stereocenters. The molecule has 0 fully saturated rings. The van der Waals surface area contributed by atoms with E-state index in [1.54, 1.807) is 30.3 Å². The highest BCUT2D eigenvalue weighted by molar-refractivity contribution is 5.96. The average Bonchev–Trinajstić information content (AvgIpc) is 3.05. The second kappa shape index (κ2) is 8.39. The molecule has 1 amide bonds. The first kappa shape index (κ1) is 19.8. The van der Waals surface area contributed by atoms with Gasteiger partial charge in [0.05, 0.1) is 16.8 Å². The van der Waals surface area contributed by atoms with Gasteiger partial charge in [-0.05, 0) is 44.2 Å². The Morgan fingerprint density at radius 2 is 1.79 bits per heavy atom. The number of aromatic nitrogens is 2. The number of hydrogen-bond donors (Lipinski definition) is 3. The summed E-state index contributed by atoms with van der Waals surface area (Å²) in [4.78, 5) is 42.6. The predicted molar refractivity (Wildman–Crippen MR) is 106 cm³/mol. The van der Waals surface area contributed by atoms with Crippen LogP contribution in [-0.2, 0) is 9.53 Å². The molecule has 0 atom stereocenters. The minimum Gasteiger partial charge on any atom is -0.478 e. The molecule has 0 radical (unpaired) electrons. The number of imidazole rings is 1. The van der Waals surface area contributed by atoms with E-state index in [-0.39, 0.29) is 5.56 Å². The maximum Gasteiger partial charge on any atom is 0.338 e. The first-order valence-electron chi connectivity index (χ1n) is 8.77. The number of H-pyrrole nitrogens is 1. The van der Waals surface area contributed by atoms with Crippen LogP contribution in [0.4, 0.5) is 5.69 Å². The van der Waals surface area contributed by atoms with Crippen LogP contribution in [-0.4, -0.2) is 39.5 Å². The summed E-state index contributed by atoms with van der Waals surface area (Å²) in [5.74, 6) is -1.60. The van der Waals surface area contributed by atoms with Crippen molar-refractivity contribution in [1.82, 2.24) is 9.97 Å². The third-order valence-corrected chi connectivity index (χ3v) is 4.25. The SMILES string of the molecule is Cc1nc(-c2ccc(C(=O)OCC(=O)Nc3cccc(C(=O)O)c3)cc2)[nH]c1C. The van der Waals surface area contributed by atoms with Crippen LogP contribution in [0.1, 0.15) is 32.1 Å². The van der Waals surface area contributed by atoms with E-state index in [0.717, 1.165) is 17.0 Å². The number of ether oxygens (including phenoxy) is 1. The number of hydrogen-bond acceptors (Lipinski definition) is 5. The Kier molecular flexibility index (Phi) is 5.73. The van der Waals surface area contributed by atoms with Crippen molar-refractivity contribution in [3.8, 4) is 11.4 Å². The van der Waals surface area contributed by atoms with Gasteiger partial charge in [0.2, 0.25) is 0 Å². The summed E-state index contributed by atoms with van der Waals surface area (Å²) in [6, 6.07) is 12.5. The van der Waals surface area contributed by atoms with Gasteiger partial charge in [-0.3, -0.25) is 4.79 Å². The number of aromatic carboxylic acids is 1. The van der Waals surface area contributed by atoms with Gasteiger partial charge in [-0.2, -0.15) is 0 Å². The van der Waals surface area contributed by atoms with E-state index < -0.39 is 24.5 Å². The fraction of sp³-hybridized carbons (Fsp3) is 0.143. The number of aryl methyl sites for hydroxylation is 2. The highest BCUT2D eigenvalue weighted by Crippen LogP contribution is 2.18. The van der Waals surface area contributed by atoms with Crippen molar-refractivity contribution in [3.63, 3.8) is 0 Å². The van der Waals surface area contributed by atoms with Gasteiger partial charge in [0, 0.05) is 16.9 Å². The topological polar surface area (TPSA) is 121 Å². The van der Waals surface area contributed by atoms with Crippen LogP contribution in [0.25, 0.3) is 11.4 Å². The molecule has 0 saturated heterocycles. The molecule has 1 heterocycles. The lowest BCUT2D eigenvalue weighted by Gasteiger charge is -2.07. The number of carbonyl (C=O) groups excluding carboxylic acids is 2. The number of nitrogens with one attached hydrogen (secondary N) is 2. The highest BCUT2D eigenvalue weighted by atomic mass is 16.5. The molecule has 1 aromatic heterocycles. The van der Waals surface area contributed by atoms with Gasteiger partial charge >= 0.3 is 11.9 Å². The quantitative estimate of drug-likeness (QED) is 0.553. The highest BCUT2D eigenvalue weighted by Gasteiger charge is 2.12. The normalized spacial score (nSPS) is 10.4. The van der Waals surface area contributed by atoms with Gasteiger partial charge in [-0.1, -0.05) is 18.2 Å². The Labute approximate surface area is 166 Å². The van der Waals surface area contributed by atoms with E-state index in [9.17, 15) is 14.4 Å². The molecule has 8 heteroatoms. The Balaban J connectivity index is 1.57. The van der Waals surface area contributed by atoms with Gasteiger partial charge in [-0.25, -0.2) is 14.6 Å². The van der Waals surface area contributed by atoms with Gasteiger partial charge in [0.25, 0.3) is 5.91 Å². The number of carbonyl (C=O) groups is 3. The second-order valence-electron chi connectivity index (χ2n) is 6.38. The summed E-state index contributed by atoms with van der Waals surface area (Å²) in [5, 5.41) is 11.5. The monoisotopic (exact) mass is 393 g/mol. The largest absolute Gasteiger partial charge is 0.478 e. The number of aromatic amines is 1. The molecule has 0 aliphatic heterocycles. The number of rotatable bonds is 6. The summed E-state index contributed by atoms with van der Waals surface area (Å²) in [5.41, 5.74) is 3.36. The molecule has 148 valence electrons. The summed E-state index contributed by atoms with van der Waals surface area (Å²) in [6.07, 6.45) is 0. The van der Waals surface area contributed by atoms with Crippen LogP contribution in [0.2, 0.25) is 0 Å². The Hall–Kier alpha value is -3.94. The minimum absolute atomic E-state index is 0.0434. The van der Waals surface area contributed by atoms with Crippen LogP contribution >= 0.6 is 0 Å². The summed E-state index contributed by atoms with van der Waals surface area (Å²) in [7, 11) is 0. The van der Waals surface area contributed by atoms with Crippen molar-refractivity contribution in [2.75, 3.05) is 11.9 Å². The predicted octanol–water partition coefficient (Wildman–Crippen LogP) is 3.19. The first-order chi connectivity index (χ1) is 13.8. The Morgan fingerprint density at radius 1 is 1.07 bits per heavy atom. The molecule has 0 spiro atoms. The zero-order valence-electron chi connectivity index (χ0n) is 15.9. The van der Waals surface area contributed by atoms with Crippen LogP contribution < -0.4 is 5.32 Å². The molecular formula is C21H19N3O5. The lowest BCUT2D eigenvalue weighted by atomic mass is 10.1. The van der Waals surface area contributed by atoms with E-state index in [2.05, 4.69) is 15.3 Å². The molecule has 3 N–H and O–H groups in total. The lowest BCUT2D eigenvalue weighted by molar-refractivity contribution is -0.119. The van der Waals surface area contributed by atoms with Crippen molar-refractivity contribution < 1.29 is 24.2 Å². The number of esters is 1. The van der Waals surface area contributed by atoms with Gasteiger partial charge in [-0.15, -0.1) is 0 Å². The van der Waals surface area contributed by atoms with E-state index in [4.69, 9.17) is 9.84 Å². The van der Waals surface area contributed by atoms with Crippen molar-refractivity contribution in [2.45, 2.75) is 13.8 Å². The molecule has 2 aromatic carbocycles. The summed E-state index contributed by atoms with van der Waals surface area (Å²) in [6.45, 7) is 3.35. The summed E-state index contributed by atoms with van der Waals surface area (Å²) < 4.78 is 5.02.